The van der Waals surface area contributed by atoms with Gasteiger partial charge in [-0.2, -0.15) is 0 Å². The van der Waals surface area contributed by atoms with Gasteiger partial charge in [0.25, 0.3) is 0 Å². The van der Waals surface area contributed by atoms with E-state index in [-0.39, 0.29) is 0 Å². The first kappa shape index (κ1) is 11.5. The second-order valence-electron chi connectivity index (χ2n) is 4.47. The summed E-state index contributed by atoms with van der Waals surface area (Å²) >= 11 is 0. The van der Waals surface area contributed by atoms with E-state index in [4.69, 9.17) is 5.73 Å². The fourth-order valence-electron chi connectivity index (χ4n) is 2.30. The molecule has 0 unspecified atom stereocenters. The van der Waals surface area contributed by atoms with Crippen LogP contribution in [0.2, 0.25) is 0 Å². The van der Waals surface area contributed by atoms with Crippen molar-refractivity contribution in [2.45, 2.75) is 0 Å². The van der Waals surface area contributed by atoms with Gasteiger partial charge < -0.3 is 10.6 Å². The van der Waals surface area contributed by atoms with Crippen molar-refractivity contribution in [3.63, 3.8) is 0 Å². The average Bonchev–Trinajstić information content (AvgIpc) is 2.47. The molecule has 3 heteroatoms. The molecule has 2 aromatic carbocycles. The number of para-hydroxylation sites is 2. The average molecular weight is 249 g/mol. The first-order valence-electron chi connectivity index (χ1n) is 6.19. The van der Waals surface area contributed by atoms with Gasteiger partial charge in [0.15, 0.2) is 0 Å². The maximum Gasteiger partial charge on any atom is 0.0753 e. The van der Waals surface area contributed by atoms with Crippen LogP contribution in [-0.4, -0.2) is 12.0 Å². The fourth-order valence-corrected chi connectivity index (χ4v) is 2.30. The lowest BCUT2D eigenvalue weighted by Gasteiger charge is -2.22. The molecule has 0 atom stereocenters. The van der Waals surface area contributed by atoms with E-state index in [0.717, 1.165) is 22.3 Å². The van der Waals surface area contributed by atoms with Gasteiger partial charge in [-0.1, -0.05) is 36.4 Å². The molecule has 0 aliphatic heterocycles. The number of pyridine rings is 1. The lowest BCUT2D eigenvalue weighted by Crippen LogP contribution is -2.12. The predicted molar refractivity (Wildman–Crippen MR) is 80.7 cm³/mol. The van der Waals surface area contributed by atoms with Crippen molar-refractivity contribution in [2.75, 3.05) is 17.7 Å². The van der Waals surface area contributed by atoms with Gasteiger partial charge in [0.05, 0.1) is 23.1 Å². The second kappa shape index (κ2) is 4.61. The zero-order chi connectivity index (χ0) is 13.2. The highest BCUT2D eigenvalue weighted by Gasteiger charge is 2.12. The SMILES string of the molecule is CN(c1ccccc1)c1c(N)cnc2ccccc12. The smallest absolute Gasteiger partial charge is 0.0753 e. The van der Waals surface area contributed by atoms with Gasteiger partial charge in [-0.05, 0) is 18.2 Å². The number of rotatable bonds is 2. The van der Waals surface area contributed by atoms with E-state index in [1.54, 1.807) is 6.20 Å². The zero-order valence-electron chi connectivity index (χ0n) is 10.7. The van der Waals surface area contributed by atoms with Crippen LogP contribution < -0.4 is 10.6 Å². The summed E-state index contributed by atoms with van der Waals surface area (Å²) in [6.45, 7) is 0. The van der Waals surface area contributed by atoms with Gasteiger partial charge in [-0.25, -0.2) is 0 Å². The van der Waals surface area contributed by atoms with E-state index in [1.165, 1.54) is 0 Å². The largest absolute Gasteiger partial charge is 0.396 e. The van der Waals surface area contributed by atoms with E-state index in [9.17, 15) is 0 Å². The molecule has 0 aliphatic carbocycles. The number of benzene rings is 2. The summed E-state index contributed by atoms with van der Waals surface area (Å²) in [4.78, 5) is 6.46. The number of aromatic nitrogens is 1. The Labute approximate surface area is 112 Å². The Morgan fingerprint density at radius 2 is 1.63 bits per heavy atom. The highest BCUT2D eigenvalue weighted by molar-refractivity contribution is 5.99. The molecule has 1 aromatic heterocycles. The maximum atomic E-state index is 6.12. The summed E-state index contributed by atoms with van der Waals surface area (Å²) < 4.78 is 0. The van der Waals surface area contributed by atoms with Crippen molar-refractivity contribution in [1.29, 1.82) is 0 Å². The van der Waals surface area contributed by atoms with Gasteiger partial charge in [0, 0.05) is 18.1 Å². The van der Waals surface area contributed by atoms with Crippen LogP contribution in [-0.2, 0) is 0 Å². The van der Waals surface area contributed by atoms with Crippen molar-refractivity contribution in [1.82, 2.24) is 4.98 Å². The van der Waals surface area contributed by atoms with Crippen LogP contribution in [0.1, 0.15) is 0 Å². The third-order valence-corrected chi connectivity index (χ3v) is 3.25. The van der Waals surface area contributed by atoms with Gasteiger partial charge >= 0.3 is 0 Å². The molecular formula is C16H15N3. The third-order valence-electron chi connectivity index (χ3n) is 3.25. The van der Waals surface area contributed by atoms with Crippen LogP contribution in [0.5, 0.6) is 0 Å². The summed E-state index contributed by atoms with van der Waals surface area (Å²) in [6, 6.07) is 18.2. The van der Waals surface area contributed by atoms with Crippen LogP contribution >= 0.6 is 0 Å². The van der Waals surface area contributed by atoms with Gasteiger partial charge in [-0.3, -0.25) is 4.98 Å². The van der Waals surface area contributed by atoms with E-state index in [0.29, 0.717) is 5.69 Å². The molecule has 0 fully saturated rings. The quantitative estimate of drug-likeness (QED) is 0.754. The summed E-state index contributed by atoms with van der Waals surface area (Å²) in [6.07, 6.45) is 1.72. The molecule has 2 N–H and O–H groups in total. The summed E-state index contributed by atoms with van der Waals surface area (Å²) in [5, 5.41) is 1.06. The van der Waals surface area contributed by atoms with Crippen molar-refractivity contribution >= 4 is 28.0 Å². The number of nitrogens with zero attached hydrogens (tertiary/aromatic N) is 2. The van der Waals surface area contributed by atoms with E-state index in [1.807, 2.05) is 49.5 Å². The summed E-state index contributed by atoms with van der Waals surface area (Å²) in [7, 11) is 2.02. The molecule has 0 aliphatic rings. The zero-order valence-corrected chi connectivity index (χ0v) is 10.7. The summed E-state index contributed by atoms with van der Waals surface area (Å²) in [5.74, 6) is 0. The van der Waals surface area contributed by atoms with Gasteiger partial charge in [0.2, 0.25) is 0 Å². The van der Waals surface area contributed by atoms with E-state index >= 15 is 0 Å². The topological polar surface area (TPSA) is 42.1 Å². The van der Waals surface area contributed by atoms with Gasteiger partial charge in [-0.15, -0.1) is 0 Å². The van der Waals surface area contributed by atoms with Crippen molar-refractivity contribution < 1.29 is 0 Å². The molecule has 0 saturated heterocycles. The van der Waals surface area contributed by atoms with Crippen molar-refractivity contribution in [3.05, 3.63) is 60.8 Å². The standard InChI is InChI=1S/C16H15N3/c1-19(12-7-3-2-4-8-12)16-13-9-5-6-10-15(13)18-11-14(16)17/h2-11H,17H2,1H3. The Hall–Kier alpha value is -2.55. The predicted octanol–water partition coefficient (Wildman–Crippen LogP) is 3.58. The number of nitrogens with two attached hydrogens (primary N) is 1. The molecule has 3 aromatic rings. The minimum absolute atomic E-state index is 0.685. The second-order valence-corrected chi connectivity index (χ2v) is 4.47. The van der Waals surface area contributed by atoms with Crippen molar-refractivity contribution in [2.24, 2.45) is 0 Å². The Morgan fingerprint density at radius 1 is 0.947 bits per heavy atom. The Bertz CT molecular complexity index is 708. The molecular weight excluding hydrogens is 234 g/mol. The minimum atomic E-state index is 0.685. The molecule has 0 spiro atoms. The van der Waals surface area contributed by atoms with Crippen LogP contribution in [0.15, 0.2) is 60.8 Å². The van der Waals surface area contributed by atoms with E-state index in [2.05, 4.69) is 22.0 Å². The molecule has 0 saturated carbocycles. The fraction of sp³-hybridized carbons (Fsp3) is 0.0625. The number of hydrogen-bond acceptors (Lipinski definition) is 3. The first-order chi connectivity index (χ1) is 9.27. The van der Waals surface area contributed by atoms with Crippen LogP contribution in [0, 0.1) is 0 Å². The number of nitrogen functional groups attached to an aromatic ring is 1. The number of hydrogen-bond donors (Lipinski definition) is 1. The normalized spacial score (nSPS) is 10.6. The molecule has 19 heavy (non-hydrogen) atoms. The molecule has 0 amide bonds. The molecule has 0 bridgehead atoms. The highest BCUT2D eigenvalue weighted by Crippen LogP contribution is 2.34. The number of fused-ring (bicyclic) bond motifs is 1. The Kier molecular flexibility index (Phi) is 2.80. The first-order valence-corrected chi connectivity index (χ1v) is 6.19. The minimum Gasteiger partial charge on any atom is -0.396 e. The van der Waals surface area contributed by atoms with Crippen molar-refractivity contribution in [3.8, 4) is 0 Å². The highest BCUT2D eigenvalue weighted by atomic mass is 15.1. The lowest BCUT2D eigenvalue weighted by atomic mass is 10.1. The van der Waals surface area contributed by atoms with Crippen LogP contribution in [0.3, 0.4) is 0 Å². The van der Waals surface area contributed by atoms with Gasteiger partial charge in [0.1, 0.15) is 0 Å². The third kappa shape index (κ3) is 1.99. The maximum absolute atomic E-state index is 6.12. The number of anilines is 3. The van der Waals surface area contributed by atoms with Crippen LogP contribution in [0.25, 0.3) is 10.9 Å². The van der Waals surface area contributed by atoms with Crippen LogP contribution in [0.4, 0.5) is 17.1 Å². The lowest BCUT2D eigenvalue weighted by molar-refractivity contribution is 1.21. The molecule has 94 valence electrons. The Balaban J connectivity index is 2.22. The monoisotopic (exact) mass is 249 g/mol. The summed E-state index contributed by atoms with van der Waals surface area (Å²) in [5.41, 5.74) is 9.86. The van der Waals surface area contributed by atoms with E-state index < -0.39 is 0 Å². The molecule has 1 heterocycles. The Morgan fingerprint density at radius 3 is 2.42 bits per heavy atom. The molecule has 3 rings (SSSR count). The molecule has 0 radical (unpaired) electrons. The molecule has 3 nitrogen and oxygen atoms in total.